The number of rotatable bonds is 7. The van der Waals surface area contributed by atoms with Gasteiger partial charge in [-0.3, -0.25) is 0 Å². The van der Waals surface area contributed by atoms with Crippen LogP contribution in [-0.4, -0.2) is 29.0 Å². The van der Waals surface area contributed by atoms with Gasteiger partial charge in [-0.25, -0.2) is 0 Å². The lowest BCUT2D eigenvalue weighted by Gasteiger charge is -2.32. The second kappa shape index (κ2) is 7.98. The molecule has 1 aromatic carbocycles. The molecule has 0 amide bonds. The molecular formula is C21H29ClN2O2S. The van der Waals surface area contributed by atoms with E-state index in [-0.39, 0.29) is 17.3 Å². The Hall–Kier alpha value is -1.30. The molecule has 4 nitrogen and oxygen atoms in total. The van der Waals surface area contributed by atoms with Crippen LogP contribution in [-0.2, 0) is 11.3 Å². The molecule has 0 radical (unpaired) electrons. The summed E-state index contributed by atoms with van der Waals surface area (Å²) in [5.74, 6) is 1.27. The fourth-order valence-corrected chi connectivity index (χ4v) is 4.49. The first-order valence-corrected chi connectivity index (χ1v) is 10.3. The van der Waals surface area contributed by atoms with Gasteiger partial charge in [0.2, 0.25) is 0 Å². The summed E-state index contributed by atoms with van der Waals surface area (Å²) in [4.78, 5) is 0. The first kappa shape index (κ1) is 20.4. The first-order valence-electron chi connectivity index (χ1n) is 9.56. The van der Waals surface area contributed by atoms with Gasteiger partial charge in [0.05, 0.1) is 5.60 Å². The maximum absolute atomic E-state index is 6.49. The van der Waals surface area contributed by atoms with Crippen molar-refractivity contribution in [1.82, 2.24) is 10.6 Å². The molecule has 2 aliphatic rings. The molecule has 2 bridgehead atoms. The lowest BCUT2D eigenvalue weighted by atomic mass is 9.75. The van der Waals surface area contributed by atoms with Gasteiger partial charge < -0.3 is 20.1 Å². The van der Waals surface area contributed by atoms with Gasteiger partial charge in [0.25, 0.3) is 0 Å². The predicted octanol–water partition coefficient (Wildman–Crippen LogP) is 4.61. The molecule has 27 heavy (non-hydrogen) atoms. The van der Waals surface area contributed by atoms with Gasteiger partial charge in [-0.2, -0.15) is 0 Å². The van der Waals surface area contributed by atoms with E-state index in [0.717, 1.165) is 30.6 Å². The third-order valence-electron chi connectivity index (χ3n) is 5.92. The minimum atomic E-state index is -0.238. The molecule has 3 atom stereocenters. The van der Waals surface area contributed by atoms with E-state index in [0.29, 0.717) is 29.1 Å². The highest BCUT2D eigenvalue weighted by Gasteiger charge is 2.61. The number of fused-ring (bicyclic) bond motifs is 2. The molecule has 6 heteroatoms. The Morgan fingerprint density at radius 3 is 2.89 bits per heavy atom. The molecule has 0 saturated carbocycles. The molecule has 2 heterocycles. The van der Waals surface area contributed by atoms with Gasteiger partial charge >= 0.3 is 0 Å². The van der Waals surface area contributed by atoms with Gasteiger partial charge in [0.1, 0.15) is 17.5 Å². The molecular weight excluding hydrogens is 380 g/mol. The minimum Gasteiger partial charge on any atom is -0.487 e. The average molecular weight is 409 g/mol. The Kier molecular flexibility index (Phi) is 6.04. The highest BCUT2D eigenvalue weighted by molar-refractivity contribution is 7.80. The van der Waals surface area contributed by atoms with Gasteiger partial charge in [-0.05, 0) is 50.0 Å². The summed E-state index contributed by atoms with van der Waals surface area (Å²) in [5.41, 5.74) is 0.608. The zero-order valence-electron chi connectivity index (χ0n) is 16.3. The van der Waals surface area contributed by atoms with E-state index in [9.17, 15) is 0 Å². The lowest BCUT2D eigenvalue weighted by Crippen LogP contribution is -2.41. The van der Waals surface area contributed by atoms with E-state index in [2.05, 4.69) is 38.0 Å². The minimum absolute atomic E-state index is 0.0247. The number of nitrogens with one attached hydrogen (secondary N) is 2. The van der Waals surface area contributed by atoms with E-state index in [1.165, 1.54) is 0 Å². The quantitative estimate of drug-likeness (QED) is 0.509. The fourth-order valence-electron chi connectivity index (χ4n) is 4.11. The third-order valence-corrected chi connectivity index (χ3v) is 6.57. The van der Waals surface area contributed by atoms with Gasteiger partial charge in [-0.1, -0.05) is 37.6 Å². The average Bonchev–Trinajstić information content (AvgIpc) is 3.12. The van der Waals surface area contributed by atoms with Crippen molar-refractivity contribution in [2.45, 2.75) is 63.9 Å². The van der Waals surface area contributed by atoms with Crippen LogP contribution in [0.25, 0.3) is 0 Å². The summed E-state index contributed by atoms with van der Waals surface area (Å²) in [6, 6.07) is 5.77. The van der Waals surface area contributed by atoms with Crippen LogP contribution in [0.3, 0.4) is 0 Å². The Bertz CT molecular complexity index is 726. The summed E-state index contributed by atoms with van der Waals surface area (Å²) < 4.78 is 13.0. The molecule has 0 spiro atoms. The summed E-state index contributed by atoms with van der Waals surface area (Å²) in [6.07, 6.45) is 4.84. The number of thiocarbonyl (C=S) groups is 1. The van der Waals surface area contributed by atoms with Crippen molar-refractivity contribution in [1.29, 1.82) is 0 Å². The first-order chi connectivity index (χ1) is 12.8. The zero-order chi connectivity index (χ0) is 19.7. The number of ether oxygens (including phenoxy) is 2. The van der Waals surface area contributed by atoms with Crippen LogP contribution < -0.4 is 15.4 Å². The van der Waals surface area contributed by atoms with Crippen LogP contribution in [0.5, 0.6) is 5.75 Å². The summed E-state index contributed by atoms with van der Waals surface area (Å²) in [6.45, 7) is 11.4. The van der Waals surface area contributed by atoms with Crippen molar-refractivity contribution >= 4 is 28.9 Å². The van der Waals surface area contributed by atoms with Crippen molar-refractivity contribution in [2.24, 2.45) is 5.92 Å². The standard InChI is InChI=1S/C21H29ClN2O2S/c1-5-11-23-19(27)24-13-15-16(22)7-6-8-17(15)25-18-12-21(14(2)3)10-9-20(18,4)26-21/h5-8,14,18H,1,9-13H2,2-4H3,(H2,23,24,27)/t18-,20+,21-/m1/s1. The Morgan fingerprint density at radius 1 is 1.44 bits per heavy atom. The topological polar surface area (TPSA) is 42.5 Å². The smallest absolute Gasteiger partial charge is 0.166 e. The van der Waals surface area contributed by atoms with Crippen LogP contribution in [0.2, 0.25) is 5.02 Å². The van der Waals surface area contributed by atoms with Crippen LogP contribution in [0.4, 0.5) is 0 Å². The summed E-state index contributed by atoms with van der Waals surface area (Å²) in [7, 11) is 0. The Labute approximate surface area is 172 Å². The van der Waals surface area contributed by atoms with Crippen molar-refractivity contribution in [3.05, 3.63) is 41.4 Å². The fraction of sp³-hybridized carbons (Fsp3) is 0.571. The second-order valence-electron chi connectivity index (χ2n) is 8.01. The largest absolute Gasteiger partial charge is 0.487 e. The Morgan fingerprint density at radius 2 is 2.22 bits per heavy atom. The molecule has 0 unspecified atom stereocenters. The van der Waals surface area contributed by atoms with E-state index >= 15 is 0 Å². The van der Waals surface area contributed by atoms with E-state index in [1.54, 1.807) is 6.08 Å². The molecule has 148 valence electrons. The molecule has 2 fully saturated rings. The van der Waals surface area contributed by atoms with Gasteiger partial charge in [-0.15, -0.1) is 6.58 Å². The molecule has 2 saturated heterocycles. The van der Waals surface area contributed by atoms with E-state index in [4.69, 9.17) is 33.3 Å². The van der Waals surface area contributed by atoms with E-state index in [1.807, 2.05) is 18.2 Å². The predicted molar refractivity (Wildman–Crippen MR) is 114 cm³/mol. The number of hydrogen-bond acceptors (Lipinski definition) is 3. The van der Waals surface area contributed by atoms with Crippen LogP contribution >= 0.6 is 23.8 Å². The third kappa shape index (κ3) is 4.10. The summed E-state index contributed by atoms with van der Waals surface area (Å²) >= 11 is 11.7. The van der Waals surface area contributed by atoms with Crippen LogP contribution in [0.15, 0.2) is 30.9 Å². The zero-order valence-corrected chi connectivity index (χ0v) is 17.9. The van der Waals surface area contributed by atoms with E-state index < -0.39 is 0 Å². The molecule has 2 N–H and O–H groups in total. The molecule has 1 aromatic rings. The Balaban J connectivity index is 1.73. The van der Waals surface area contributed by atoms with Crippen molar-refractivity contribution < 1.29 is 9.47 Å². The SMILES string of the molecule is C=CCNC(=S)NCc1c(Cl)cccc1O[C@@H]1C[C@@]2(C(C)C)CC[C@]1(C)O2. The highest BCUT2D eigenvalue weighted by atomic mass is 35.5. The van der Waals surface area contributed by atoms with Crippen LogP contribution in [0.1, 0.15) is 45.6 Å². The molecule has 2 aliphatic heterocycles. The monoisotopic (exact) mass is 408 g/mol. The molecule has 0 aliphatic carbocycles. The van der Waals surface area contributed by atoms with Crippen molar-refractivity contribution in [2.75, 3.05) is 6.54 Å². The van der Waals surface area contributed by atoms with Crippen molar-refractivity contribution in [3.8, 4) is 5.75 Å². The number of benzene rings is 1. The lowest BCUT2D eigenvalue weighted by molar-refractivity contribution is -0.0770. The summed E-state index contributed by atoms with van der Waals surface area (Å²) in [5, 5.41) is 7.47. The molecule has 3 rings (SSSR count). The van der Waals surface area contributed by atoms with Crippen LogP contribution in [0, 0.1) is 5.92 Å². The molecule has 0 aromatic heterocycles. The normalized spacial score (nSPS) is 29.0. The number of hydrogen-bond donors (Lipinski definition) is 2. The highest BCUT2D eigenvalue weighted by Crippen LogP contribution is 2.55. The maximum Gasteiger partial charge on any atom is 0.166 e. The second-order valence-corrected chi connectivity index (χ2v) is 8.83. The maximum atomic E-state index is 6.49. The number of halogens is 1. The van der Waals surface area contributed by atoms with Gasteiger partial charge in [0, 0.05) is 30.1 Å². The van der Waals surface area contributed by atoms with Gasteiger partial charge in [0.15, 0.2) is 5.11 Å². The van der Waals surface area contributed by atoms with Crippen molar-refractivity contribution in [3.63, 3.8) is 0 Å².